The minimum atomic E-state index is 0.502. The van der Waals surface area contributed by atoms with Crippen LogP contribution in [-0.2, 0) is 0 Å². The Hall–Kier alpha value is -13.3. The monoisotopic (exact) mass is 1190 g/mol. The summed E-state index contributed by atoms with van der Waals surface area (Å²) in [6.07, 6.45) is 25.0. The summed E-state index contributed by atoms with van der Waals surface area (Å²) in [6.45, 7) is 0. The summed E-state index contributed by atoms with van der Waals surface area (Å²) in [6, 6.07) is 104. The Morgan fingerprint density at radius 3 is 1.22 bits per heavy atom. The lowest BCUT2D eigenvalue weighted by atomic mass is 9.85. The SMILES string of the molecule is C#Cc1cccc(-c2ccc(-c3cc(-c4cc(-c5ccccc5)cc(-c5ccccc5)c4)cc(-c4ccc5c(c4)c4ccc6c(c7ccccc7n6-c6ccccc6)c4n5-c4nc(-c5ccccc5)nc(-c5ccccc5)n4)c3)cc2-c2cccc(C#C)c2C#C)c1C#C. The maximum absolute atomic E-state index is 6.41. The molecule has 0 aliphatic carbocycles. The van der Waals surface area contributed by atoms with Crippen molar-refractivity contribution in [2.24, 2.45) is 0 Å². The third-order valence-electron chi connectivity index (χ3n) is 17.9. The highest BCUT2D eigenvalue weighted by Gasteiger charge is 2.25. The molecule has 0 radical (unpaired) electrons. The van der Waals surface area contributed by atoms with E-state index in [0.717, 1.165) is 138 Å². The Kier molecular flexibility index (Phi) is 14.0. The molecule has 16 aromatic rings. The van der Waals surface area contributed by atoms with Gasteiger partial charge in [-0.2, -0.15) is 9.97 Å². The van der Waals surface area contributed by atoms with Gasteiger partial charge in [0.25, 0.3) is 0 Å². The molecule has 94 heavy (non-hydrogen) atoms. The van der Waals surface area contributed by atoms with Gasteiger partial charge in [-0.1, -0.05) is 230 Å². The van der Waals surface area contributed by atoms with E-state index in [4.69, 9.17) is 40.6 Å². The Morgan fingerprint density at radius 1 is 0.255 bits per heavy atom. The van der Waals surface area contributed by atoms with Gasteiger partial charge in [-0.3, -0.25) is 4.57 Å². The molecule has 3 aromatic heterocycles. The lowest BCUT2D eigenvalue weighted by Crippen LogP contribution is -2.06. The quantitative estimate of drug-likeness (QED) is 0.121. The molecule has 0 amide bonds. The molecule has 0 fully saturated rings. The van der Waals surface area contributed by atoms with Gasteiger partial charge in [0.05, 0.1) is 22.1 Å². The molecule has 0 spiro atoms. The predicted octanol–water partition coefficient (Wildman–Crippen LogP) is 21.0. The molecule has 0 N–H and O–H groups in total. The Balaban J connectivity index is 0.988. The zero-order valence-corrected chi connectivity index (χ0v) is 50.8. The standard InChI is InChI=1S/C89H53N5/c1-5-58-36-26-41-75(73(58)7-3)77-46-44-64(56-80(77)76-42-27-37-59(6-2)74(76)8-4)68-53-69(55-71(54-68)70-51-66(60-28-14-9-15-29-60)50-67(52-70)61-30-16-10-17-31-61)65-45-48-83-81(57-65)78-47-49-84-85(79-40-24-25-43-82(79)93(84)72-38-22-13-23-39-72)86(78)94(83)89-91-87(62-32-18-11-19-33-62)90-88(92-89)63-34-20-12-21-35-63/h1-4,9-57H. The van der Waals surface area contributed by atoms with Crippen LogP contribution in [-0.4, -0.2) is 24.1 Å². The summed E-state index contributed by atoms with van der Waals surface area (Å²) in [5.41, 5.74) is 23.1. The summed E-state index contributed by atoms with van der Waals surface area (Å²) >= 11 is 0. The average molecular weight is 1190 g/mol. The van der Waals surface area contributed by atoms with Crippen molar-refractivity contribution in [3.63, 3.8) is 0 Å². The van der Waals surface area contributed by atoms with Gasteiger partial charge in [-0.05, 0) is 169 Å². The van der Waals surface area contributed by atoms with Crippen LogP contribution in [0.2, 0.25) is 0 Å². The van der Waals surface area contributed by atoms with Crippen LogP contribution < -0.4 is 0 Å². The third kappa shape index (κ3) is 9.76. The fourth-order valence-electron chi connectivity index (χ4n) is 13.5. The smallest absolute Gasteiger partial charge is 0.238 e. The van der Waals surface area contributed by atoms with Crippen LogP contribution in [0.25, 0.3) is 156 Å². The molecule has 0 aliphatic heterocycles. The van der Waals surface area contributed by atoms with Gasteiger partial charge in [0.2, 0.25) is 5.95 Å². The Labute approximate surface area is 545 Å². The number of nitrogens with zero attached hydrogens (tertiary/aromatic N) is 5. The molecule has 3 heterocycles. The fraction of sp³-hybridized carbons (Fsp3) is 0. The summed E-state index contributed by atoms with van der Waals surface area (Å²) in [7, 11) is 0. The first-order valence-corrected chi connectivity index (χ1v) is 31.1. The molecule has 0 atom stereocenters. The minimum absolute atomic E-state index is 0.502. The van der Waals surface area contributed by atoms with E-state index in [2.05, 4.69) is 257 Å². The molecule has 0 aliphatic rings. The molecule has 13 aromatic carbocycles. The van der Waals surface area contributed by atoms with Crippen molar-refractivity contribution in [2.75, 3.05) is 0 Å². The number of hydrogen-bond donors (Lipinski definition) is 0. The molecular formula is C89H53N5. The number of para-hydroxylation sites is 2. The second-order valence-electron chi connectivity index (χ2n) is 23.3. The van der Waals surface area contributed by atoms with Crippen molar-refractivity contribution in [3.05, 3.63) is 320 Å². The first-order valence-electron chi connectivity index (χ1n) is 31.1. The first-order chi connectivity index (χ1) is 46.4. The highest BCUT2D eigenvalue weighted by molar-refractivity contribution is 6.26. The average Bonchev–Trinajstić information content (AvgIpc) is 1.54. The van der Waals surface area contributed by atoms with E-state index in [1.54, 1.807) is 0 Å². The molecule has 434 valence electrons. The molecule has 16 rings (SSSR count). The Morgan fingerprint density at radius 2 is 0.691 bits per heavy atom. The summed E-state index contributed by atoms with van der Waals surface area (Å²) in [5, 5.41) is 4.25. The minimum Gasteiger partial charge on any atom is -0.309 e. The van der Waals surface area contributed by atoms with Gasteiger partial charge in [0, 0.05) is 60.6 Å². The highest BCUT2D eigenvalue weighted by atomic mass is 15.2. The van der Waals surface area contributed by atoms with Crippen LogP contribution in [0.3, 0.4) is 0 Å². The van der Waals surface area contributed by atoms with Crippen LogP contribution in [0.4, 0.5) is 0 Å². The molecule has 0 bridgehead atoms. The van der Waals surface area contributed by atoms with Crippen molar-refractivity contribution in [3.8, 4) is 162 Å². The number of aromatic nitrogens is 5. The number of terminal acetylenes is 4. The topological polar surface area (TPSA) is 48.5 Å². The van der Waals surface area contributed by atoms with Crippen molar-refractivity contribution in [2.45, 2.75) is 0 Å². The Bertz CT molecular complexity index is 5760. The second kappa shape index (κ2) is 23.6. The van der Waals surface area contributed by atoms with E-state index >= 15 is 0 Å². The van der Waals surface area contributed by atoms with Gasteiger partial charge in [-0.15, -0.1) is 25.7 Å². The molecule has 0 saturated carbocycles. The van der Waals surface area contributed by atoms with Gasteiger partial charge in [0.1, 0.15) is 0 Å². The van der Waals surface area contributed by atoms with E-state index < -0.39 is 0 Å². The molecule has 0 unspecified atom stereocenters. The van der Waals surface area contributed by atoms with E-state index in [-0.39, 0.29) is 0 Å². The number of benzene rings is 13. The van der Waals surface area contributed by atoms with Crippen LogP contribution in [0, 0.1) is 49.4 Å². The maximum Gasteiger partial charge on any atom is 0.238 e. The van der Waals surface area contributed by atoms with Crippen molar-refractivity contribution < 1.29 is 0 Å². The lowest BCUT2D eigenvalue weighted by Gasteiger charge is -2.18. The van der Waals surface area contributed by atoms with Crippen molar-refractivity contribution >= 4 is 43.6 Å². The molecule has 0 saturated heterocycles. The van der Waals surface area contributed by atoms with Crippen molar-refractivity contribution in [1.82, 2.24) is 24.1 Å². The van der Waals surface area contributed by atoms with Gasteiger partial charge < -0.3 is 4.57 Å². The van der Waals surface area contributed by atoms with Crippen molar-refractivity contribution in [1.29, 1.82) is 0 Å². The predicted molar refractivity (Wildman–Crippen MR) is 389 cm³/mol. The zero-order chi connectivity index (χ0) is 63.2. The lowest BCUT2D eigenvalue weighted by molar-refractivity contribution is 0.955. The van der Waals surface area contributed by atoms with Gasteiger partial charge in [0.15, 0.2) is 11.6 Å². The first kappa shape index (κ1) is 56.0. The summed E-state index contributed by atoms with van der Waals surface area (Å²) < 4.78 is 4.62. The third-order valence-corrected chi connectivity index (χ3v) is 17.9. The van der Waals surface area contributed by atoms with Crippen LogP contribution in [0.1, 0.15) is 22.3 Å². The molecule has 5 nitrogen and oxygen atoms in total. The normalized spacial score (nSPS) is 11.1. The van der Waals surface area contributed by atoms with Crippen LogP contribution >= 0.6 is 0 Å². The van der Waals surface area contributed by atoms with Crippen LogP contribution in [0.15, 0.2) is 297 Å². The fourth-order valence-corrected chi connectivity index (χ4v) is 13.5. The van der Waals surface area contributed by atoms with Crippen LogP contribution in [0.5, 0.6) is 0 Å². The summed E-state index contributed by atoms with van der Waals surface area (Å²) in [4.78, 5) is 16.0. The molecular weight excluding hydrogens is 1140 g/mol. The second-order valence-corrected chi connectivity index (χ2v) is 23.3. The molecule has 5 heteroatoms. The van der Waals surface area contributed by atoms with E-state index in [1.807, 2.05) is 72.8 Å². The van der Waals surface area contributed by atoms with Gasteiger partial charge >= 0.3 is 0 Å². The van der Waals surface area contributed by atoms with E-state index in [9.17, 15) is 0 Å². The van der Waals surface area contributed by atoms with E-state index in [1.165, 1.54) is 0 Å². The number of fused-ring (bicyclic) bond motifs is 7. The number of hydrogen-bond acceptors (Lipinski definition) is 3. The summed E-state index contributed by atoms with van der Waals surface area (Å²) in [5.74, 6) is 13.2. The van der Waals surface area contributed by atoms with E-state index in [0.29, 0.717) is 39.9 Å². The largest absolute Gasteiger partial charge is 0.309 e. The number of rotatable bonds is 11. The van der Waals surface area contributed by atoms with Gasteiger partial charge in [-0.25, -0.2) is 4.98 Å². The highest BCUT2D eigenvalue weighted by Crippen LogP contribution is 2.46. The maximum atomic E-state index is 6.41. The zero-order valence-electron chi connectivity index (χ0n) is 50.8.